The van der Waals surface area contributed by atoms with Crippen LogP contribution < -0.4 is 5.32 Å². The summed E-state index contributed by atoms with van der Waals surface area (Å²) in [6, 6.07) is 4.15. The van der Waals surface area contributed by atoms with Crippen LogP contribution in [0.5, 0.6) is 5.75 Å². The number of halogens is 1. The third-order valence-corrected chi connectivity index (χ3v) is 1.99. The maximum Gasteiger partial charge on any atom is 0.329 e. The summed E-state index contributed by atoms with van der Waals surface area (Å²) < 4.78 is 4.59. The molecule has 0 saturated carbocycles. The van der Waals surface area contributed by atoms with Crippen molar-refractivity contribution in [2.45, 2.75) is 0 Å². The van der Waals surface area contributed by atoms with Gasteiger partial charge in [0.05, 0.1) is 5.02 Å². The number of phenolic OH excluding ortho intramolecular Hbond substituents is 1. The molecule has 7 heteroatoms. The Morgan fingerprint density at radius 2 is 2.06 bits per heavy atom. The second kappa shape index (κ2) is 6.07. The molecule has 17 heavy (non-hydrogen) atoms. The van der Waals surface area contributed by atoms with Gasteiger partial charge < -0.3 is 20.3 Å². The molecule has 1 rings (SSSR count). The minimum atomic E-state index is -1.15. The summed E-state index contributed by atoms with van der Waals surface area (Å²) in [6.45, 7) is -0.908. The first-order valence-electron chi connectivity index (χ1n) is 4.57. The van der Waals surface area contributed by atoms with Gasteiger partial charge in [0.1, 0.15) is 19.0 Å². The minimum Gasteiger partial charge on any atom is -0.506 e. The third-order valence-electron chi connectivity index (χ3n) is 1.69. The van der Waals surface area contributed by atoms with Crippen molar-refractivity contribution < 1.29 is 24.5 Å². The Kier molecular flexibility index (Phi) is 4.74. The maximum absolute atomic E-state index is 11.3. The highest BCUT2D eigenvalue weighted by Crippen LogP contribution is 2.25. The van der Waals surface area contributed by atoms with Crippen LogP contribution in [0.4, 0.5) is 5.69 Å². The number of phenols is 1. The molecule has 6 nitrogen and oxygen atoms in total. The van der Waals surface area contributed by atoms with E-state index in [1.807, 2.05) is 0 Å². The number of carbonyl (C=O) groups is 2. The fourth-order valence-corrected chi connectivity index (χ4v) is 1.19. The van der Waals surface area contributed by atoms with Crippen LogP contribution in [0.25, 0.3) is 0 Å². The van der Waals surface area contributed by atoms with E-state index in [4.69, 9.17) is 21.8 Å². The van der Waals surface area contributed by atoms with E-state index in [0.29, 0.717) is 5.69 Å². The van der Waals surface area contributed by atoms with E-state index in [0.717, 1.165) is 0 Å². The van der Waals surface area contributed by atoms with Gasteiger partial charge in [-0.1, -0.05) is 11.6 Å². The molecule has 1 aromatic rings. The van der Waals surface area contributed by atoms with Crippen LogP contribution in [0, 0.1) is 0 Å². The highest BCUT2D eigenvalue weighted by molar-refractivity contribution is 6.32. The zero-order valence-electron chi connectivity index (χ0n) is 8.64. The first-order valence-corrected chi connectivity index (χ1v) is 4.94. The number of amides is 1. The normalized spacial score (nSPS) is 9.94. The van der Waals surface area contributed by atoms with E-state index in [1.165, 1.54) is 18.2 Å². The number of anilines is 1. The zero-order chi connectivity index (χ0) is 12.8. The van der Waals surface area contributed by atoms with E-state index in [2.05, 4.69) is 10.1 Å². The Hall–Kier alpha value is -1.79. The molecule has 0 aliphatic rings. The van der Waals surface area contributed by atoms with Crippen molar-refractivity contribution in [2.75, 3.05) is 18.5 Å². The Balaban J connectivity index is 2.45. The standard InChI is InChI=1S/C10H10ClNO5/c11-7-3-6(1-2-8(7)13)12-9(14)4-17-5-10(15)16/h1-3,13H,4-5H2,(H,12,14)(H,15,16). The SMILES string of the molecule is O=C(O)COCC(=O)Nc1ccc(O)c(Cl)c1. The number of benzene rings is 1. The Labute approximate surface area is 102 Å². The van der Waals surface area contributed by atoms with Crippen molar-refractivity contribution >= 4 is 29.2 Å². The Bertz CT molecular complexity index is 435. The number of carboxylic acids is 1. The van der Waals surface area contributed by atoms with E-state index in [1.54, 1.807) is 0 Å². The number of carboxylic acid groups (broad SMARTS) is 1. The molecule has 0 aliphatic carbocycles. The fourth-order valence-electron chi connectivity index (χ4n) is 1.01. The number of carbonyl (C=O) groups excluding carboxylic acids is 1. The van der Waals surface area contributed by atoms with E-state index in [9.17, 15) is 9.59 Å². The highest BCUT2D eigenvalue weighted by atomic mass is 35.5. The second-order valence-electron chi connectivity index (χ2n) is 3.10. The van der Waals surface area contributed by atoms with Crippen molar-refractivity contribution in [3.8, 4) is 5.75 Å². The number of aliphatic carboxylic acids is 1. The molecule has 3 N–H and O–H groups in total. The van der Waals surface area contributed by atoms with Crippen LogP contribution in [0.15, 0.2) is 18.2 Å². The number of aromatic hydroxyl groups is 1. The summed E-state index contributed by atoms with van der Waals surface area (Å²) in [5, 5.41) is 20.0. The van der Waals surface area contributed by atoms with Crippen molar-refractivity contribution in [2.24, 2.45) is 0 Å². The predicted octanol–water partition coefficient (Wildman–Crippen LogP) is 1.09. The lowest BCUT2D eigenvalue weighted by molar-refractivity contribution is -0.143. The summed E-state index contributed by atoms with van der Waals surface area (Å²) in [6.07, 6.45) is 0. The van der Waals surface area contributed by atoms with Gasteiger partial charge in [0.15, 0.2) is 0 Å². The predicted molar refractivity (Wildman–Crippen MR) is 60.2 cm³/mol. The number of hydrogen-bond acceptors (Lipinski definition) is 4. The molecule has 0 saturated heterocycles. The molecule has 0 aliphatic heterocycles. The van der Waals surface area contributed by atoms with Gasteiger partial charge in [-0.3, -0.25) is 4.79 Å². The minimum absolute atomic E-state index is 0.0909. The lowest BCUT2D eigenvalue weighted by Gasteiger charge is -2.06. The van der Waals surface area contributed by atoms with Crippen LogP contribution in [0.2, 0.25) is 5.02 Å². The molecular formula is C10H10ClNO5. The van der Waals surface area contributed by atoms with Gasteiger partial charge >= 0.3 is 5.97 Å². The molecule has 0 heterocycles. The number of ether oxygens (including phenoxy) is 1. The molecule has 0 aromatic heterocycles. The molecule has 0 radical (unpaired) electrons. The summed E-state index contributed by atoms with van der Waals surface area (Å²) in [5.74, 6) is -1.75. The Morgan fingerprint density at radius 3 is 2.65 bits per heavy atom. The third kappa shape index (κ3) is 4.71. The maximum atomic E-state index is 11.3. The first-order chi connectivity index (χ1) is 7.99. The summed E-state index contributed by atoms with van der Waals surface area (Å²) in [5.41, 5.74) is 0.386. The van der Waals surface area contributed by atoms with Crippen LogP contribution in [-0.4, -0.2) is 35.3 Å². The van der Waals surface area contributed by atoms with Crippen molar-refractivity contribution in [1.82, 2.24) is 0 Å². The van der Waals surface area contributed by atoms with Crippen molar-refractivity contribution in [3.63, 3.8) is 0 Å². The van der Waals surface area contributed by atoms with E-state index >= 15 is 0 Å². The largest absolute Gasteiger partial charge is 0.506 e. The summed E-state index contributed by atoms with van der Waals surface area (Å²) >= 11 is 5.63. The van der Waals surface area contributed by atoms with Gasteiger partial charge in [0, 0.05) is 5.69 Å². The Morgan fingerprint density at radius 1 is 1.35 bits per heavy atom. The lowest BCUT2D eigenvalue weighted by atomic mass is 10.3. The van der Waals surface area contributed by atoms with Gasteiger partial charge in [-0.25, -0.2) is 4.79 Å². The van der Waals surface area contributed by atoms with E-state index in [-0.39, 0.29) is 17.4 Å². The number of rotatable bonds is 5. The van der Waals surface area contributed by atoms with Gasteiger partial charge in [-0.2, -0.15) is 0 Å². The molecule has 0 atom stereocenters. The quantitative estimate of drug-likeness (QED) is 0.688. The van der Waals surface area contributed by atoms with Gasteiger partial charge in [-0.15, -0.1) is 0 Å². The summed E-state index contributed by atoms with van der Waals surface area (Å²) in [4.78, 5) is 21.4. The topological polar surface area (TPSA) is 95.9 Å². The molecule has 0 unspecified atom stereocenters. The highest BCUT2D eigenvalue weighted by Gasteiger charge is 2.06. The van der Waals surface area contributed by atoms with Crippen LogP contribution in [0.3, 0.4) is 0 Å². The van der Waals surface area contributed by atoms with Gasteiger partial charge in [-0.05, 0) is 18.2 Å². The average molecular weight is 260 g/mol. The molecule has 1 aromatic carbocycles. The van der Waals surface area contributed by atoms with Crippen LogP contribution in [0.1, 0.15) is 0 Å². The fraction of sp³-hybridized carbons (Fsp3) is 0.200. The van der Waals surface area contributed by atoms with Gasteiger partial charge in [0.25, 0.3) is 0 Å². The molecule has 0 bridgehead atoms. The van der Waals surface area contributed by atoms with Crippen molar-refractivity contribution in [1.29, 1.82) is 0 Å². The molecule has 92 valence electrons. The number of hydrogen-bond donors (Lipinski definition) is 3. The molecule has 0 fully saturated rings. The van der Waals surface area contributed by atoms with Crippen LogP contribution in [-0.2, 0) is 14.3 Å². The molecule has 0 spiro atoms. The van der Waals surface area contributed by atoms with E-state index < -0.39 is 18.5 Å². The zero-order valence-corrected chi connectivity index (χ0v) is 9.40. The first kappa shape index (κ1) is 13.3. The average Bonchev–Trinajstić information content (AvgIpc) is 2.23. The monoisotopic (exact) mass is 259 g/mol. The molecular weight excluding hydrogens is 250 g/mol. The molecule has 1 amide bonds. The van der Waals surface area contributed by atoms with Crippen molar-refractivity contribution in [3.05, 3.63) is 23.2 Å². The van der Waals surface area contributed by atoms with Gasteiger partial charge in [0.2, 0.25) is 5.91 Å². The lowest BCUT2D eigenvalue weighted by Crippen LogP contribution is -2.20. The second-order valence-corrected chi connectivity index (χ2v) is 3.51. The number of nitrogens with one attached hydrogen (secondary N) is 1. The van der Waals surface area contributed by atoms with Crippen LogP contribution >= 0.6 is 11.6 Å². The smallest absolute Gasteiger partial charge is 0.329 e. The summed E-state index contributed by atoms with van der Waals surface area (Å²) in [7, 11) is 0.